The van der Waals surface area contributed by atoms with Crippen LogP contribution in [0.25, 0.3) is 10.9 Å². The summed E-state index contributed by atoms with van der Waals surface area (Å²) in [7, 11) is 0. The number of fused-ring (bicyclic) bond motifs is 1. The van der Waals surface area contributed by atoms with Crippen LogP contribution >= 0.6 is 0 Å². The lowest BCUT2D eigenvalue weighted by molar-refractivity contribution is -0.128. The molecule has 26 heavy (non-hydrogen) atoms. The van der Waals surface area contributed by atoms with Gasteiger partial charge in [0.1, 0.15) is 0 Å². The summed E-state index contributed by atoms with van der Waals surface area (Å²) in [6.45, 7) is 0.832. The highest BCUT2D eigenvalue weighted by Gasteiger charge is 2.34. The standard InChI is InChI=1S/C20H18N4O2/c25-18-11-15(12-24(18)13-16-7-1-2-9-21-16)20(26)23-17-8-3-5-14-6-4-10-22-19(14)17/h1-10,15H,11-13H2,(H,23,26)/t15-/m1/s1. The molecule has 0 unspecified atom stereocenters. The van der Waals surface area contributed by atoms with Crippen molar-refractivity contribution in [2.45, 2.75) is 13.0 Å². The first-order valence-corrected chi connectivity index (χ1v) is 8.53. The summed E-state index contributed by atoms with van der Waals surface area (Å²) in [5.41, 5.74) is 2.24. The molecule has 1 fully saturated rings. The van der Waals surface area contributed by atoms with E-state index in [0.717, 1.165) is 16.6 Å². The number of hydrogen-bond acceptors (Lipinski definition) is 4. The van der Waals surface area contributed by atoms with E-state index in [-0.39, 0.29) is 24.2 Å². The SMILES string of the molecule is O=C(Nc1cccc2cccnc12)[C@@H]1CC(=O)N(Cc2ccccn2)C1. The summed E-state index contributed by atoms with van der Waals surface area (Å²) >= 11 is 0. The van der Waals surface area contributed by atoms with Gasteiger partial charge in [0.2, 0.25) is 11.8 Å². The minimum atomic E-state index is -0.370. The molecule has 0 aliphatic carbocycles. The molecule has 1 aliphatic heterocycles. The molecule has 2 aromatic heterocycles. The smallest absolute Gasteiger partial charge is 0.229 e. The Balaban J connectivity index is 1.46. The second-order valence-electron chi connectivity index (χ2n) is 6.37. The molecular weight excluding hydrogens is 328 g/mol. The molecule has 130 valence electrons. The van der Waals surface area contributed by atoms with Crippen molar-refractivity contribution in [1.82, 2.24) is 14.9 Å². The third-order valence-electron chi connectivity index (χ3n) is 4.55. The number of carbonyl (C=O) groups is 2. The number of nitrogens with one attached hydrogen (secondary N) is 1. The minimum Gasteiger partial charge on any atom is -0.336 e. The number of hydrogen-bond donors (Lipinski definition) is 1. The molecule has 6 nitrogen and oxygen atoms in total. The van der Waals surface area contributed by atoms with E-state index in [1.165, 1.54) is 0 Å². The predicted molar refractivity (Wildman–Crippen MR) is 98.1 cm³/mol. The van der Waals surface area contributed by atoms with E-state index in [0.29, 0.717) is 18.8 Å². The molecule has 0 saturated carbocycles. The molecule has 1 aliphatic rings. The maximum absolute atomic E-state index is 12.7. The normalized spacial score (nSPS) is 16.8. The highest BCUT2D eigenvalue weighted by Crippen LogP contribution is 2.24. The molecule has 0 spiro atoms. The lowest BCUT2D eigenvalue weighted by Crippen LogP contribution is -2.28. The fraction of sp³-hybridized carbons (Fsp3) is 0.200. The second-order valence-corrected chi connectivity index (χ2v) is 6.37. The molecule has 2 amide bonds. The van der Waals surface area contributed by atoms with Gasteiger partial charge in [0.15, 0.2) is 0 Å². The van der Waals surface area contributed by atoms with Gasteiger partial charge in [-0.25, -0.2) is 0 Å². The number of carbonyl (C=O) groups excluding carboxylic acids is 2. The molecule has 1 N–H and O–H groups in total. The summed E-state index contributed by atoms with van der Waals surface area (Å²) < 4.78 is 0. The number of pyridine rings is 2. The summed E-state index contributed by atoms with van der Waals surface area (Å²) in [5, 5.41) is 3.90. The van der Waals surface area contributed by atoms with Crippen molar-refractivity contribution < 1.29 is 9.59 Å². The zero-order valence-corrected chi connectivity index (χ0v) is 14.1. The molecule has 1 saturated heterocycles. The minimum absolute atomic E-state index is 0.0214. The van der Waals surface area contributed by atoms with E-state index in [9.17, 15) is 9.59 Å². The van der Waals surface area contributed by atoms with E-state index < -0.39 is 0 Å². The van der Waals surface area contributed by atoms with Gasteiger partial charge in [0.25, 0.3) is 0 Å². The number of nitrogens with zero attached hydrogens (tertiary/aromatic N) is 3. The Bertz CT molecular complexity index is 953. The summed E-state index contributed by atoms with van der Waals surface area (Å²) in [5.74, 6) is -0.544. The van der Waals surface area contributed by atoms with Gasteiger partial charge in [0, 0.05) is 30.7 Å². The third kappa shape index (κ3) is 3.26. The van der Waals surface area contributed by atoms with Crippen LogP contribution in [-0.2, 0) is 16.1 Å². The van der Waals surface area contributed by atoms with Crippen molar-refractivity contribution in [1.29, 1.82) is 0 Å². The fourth-order valence-electron chi connectivity index (χ4n) is 3.23. The topological polar surface area (TPSA) is 75.2 Å². The van der Waals surface area contributed by atoms with Crippen LogP contribution in [0.2, 0.25) is 0 Å². The molecule has 0 bridgehead atoms. The van der Waals surface area contributed by atoms with E-state index in [1.807, 2.05) is 48.5 Å². The van der Waals surface area contributed by atoms with Gasteiger partial charge in [0.05, 0.1) is 29.4 Å². The van der Waals surface area contributed by atoms with E-state index in [2.05, 4.69) is 15.3 Å². The lowest BCUT2D eigenvalue weighted by atomic mass is 10.1. The Morgan fingerprint density at radius 3 is 2.77 bits per heavy atom. The summed E-state index contributed by atoms with van der Waals surface area (Å²) in [6, 6.07) is 15.1. The van der Waals surface area contributed by atoms with Crippen LogP contribution in [0.5, 0.6) is 0 Å². The Morgan fingerprint density at radius 2 is 1.92 bits per heavy atom. The van der Waals surface area contributed by atoms with Gasteiger partial charge in [-0.3, -0.25) is 19.6 Å². The molecule has 1 atom stereocenters. The van der Waals surface area contributed by atoms with Crippen LogP contribution in [-0.4, -0.2) is 33.2 Å². The first-order chi connectivity index (χ1) is 12.7. The molecule has 6 heteroatoms. The zero-order valence-electron chi connectivity index (χ0n) is 14.1. The van der Waals surface area contributed by atoms with Crippen LogP contribution in [0, 0.1) is 5.92 Å². The highest BCUT2D eigenvalue weighted by molar-refractivity contribution is 6.02. The maximum Gasteiger partial charge on any atom is 0.229 e. The summed E-state index contributed by atoms with van der Waals surface area (Å²) in [6.07, 6.45) is 3.62. The van der Waals surface area contributed by atoms with Gasteiger partial charge in [-0.15, -0.1) is 0 Å². The van der Waals surface area contributed by atoms with Crippen molar-refractivity contribution in [3.05, 3.63) is 66.6 Å². The number of amides is 2. The molecular formula is C20H18N4O2. The monoisotopic (exact) mass is 346 g/mol. The zero-order chi connectivity index (χ0) is 17.9. The quantitative estimate of drug-likeness (QED) is 0.788. The van der Waals surface area contributed by atoms with Crippen LogP contribution in [0.3, 0.4) is 0 Å². The van der Waals surface area contributed by atoms with Gasteiger partial charge in [-0.05, 0) is 24.3 Å². The van der Waals surface area contributed by atoms with Crippen LogP contribution in [0.4, 0.5) is 5.69 Å². The van der Waals surface area contributed by atoms with Crippen LogP contribution in [0.15, 0.2) is 60.9 Å². The average Bonchev–Trinajstić information content (AvgIpc) is 3.03. The number of anilines is 1. The fourth-order valence-corrected chi connectivity index (χ4v) is 3.23. The molecule has 0 radical (unpaired) electrons. The molecule has 4 rings (SSSR count). The Kier molecular flexibility index (Phi) is 4.31. The number of aromatic nitrogens is 2. The third-order valence-corrected chi connectivity index (χ3v) is 4.55. The predicted octanol–water partition coefficient (Wildman–Crippen LogP) is 2.62. The number of rotatable bonds is 4. The Labute approximate surface area is 150 Å². The number of likely N-dealkylation sites (tertiary alicyclic amines) is 1. The van der Waals surface area contributed by atoms with Crippen molar-refractivity contribution in [2.24, 2.45) is 5.92 Å². The van der Waals surface area contributed by atoms with E-state index in [4.69, 9.17) is 0 Å². The van der Waals surface area contributed by atoms with Gasteiger partial charge < -0.3 is 10.2 Å². The molecule has 3 aromatic rings. The average molecular weight is 346 g/mol. The van der Waals surface area contributed by atoms with E-state index in [1.54, 1.807) is 17.3 Å². The first kappa shape index (κ1) is 16.2. The van der Waals surface area contributed by atoms with Crippen molar-refractivity contribution in [3.63, 3.8) is 0 Å². The maximum atomic E-state index is 12.7. The summed E-state index contributed by atoms with van der Waals surface area (Å²) in [4.78, 5) is 35.2. The first-order valence-electron chi connectivity index (χ1n) is 8.53. The largest absolute Gasteiger partial charge is 0.336 e. The highest BCUT2D eigenvalue weighted by atomic mass is 16.2. The van der Waals surface area contributed by atoms with Crippen LogP contribution < -0.4 is 5.32 Å². The molecule has 1 aromatic carbocycles. The van der Waals surface area contributed by atoms with Gasteiger partial charge in [-0.2, -0.15) is 0 Å². The van der Waals surface area contributed by atoms with Gasteiger partial charge >= 0.3 is 0 Å². The van der Waals surface area contributed by atoms with Crippen molar-refractivity contribution in [3.8, 4) is 0 Å². The second kappa shape index (κ2) is 6.92. The Hall–Kier alpha value is -3.28. The van der Waals surface area contributed by atoms with Crippen LogP contribution in [0.1, 0.15) is 12.1 Å². The van der Waals surface area contributed by atoms with E-state index >= 15 is 0 Å². The number of benzene rings is 1. The molecule has 3 heterocycles. The lowest BCUT2D eigenvalue weighted by Gasteiger charge is -2.16. The number of para-hydroxylation sites is 1. The van der Waals surface area contributed by atoms with Crippen molar-refractivity contribution in [2.75, 3.05) is 11.9 Å². The Morgan fingerprint density at radius 1 is 1.08 bits per heavy atom. The van der Waals surface area contributed by atoms with Gasteiger partial charge in [-0.1, -0.05) is 24.3 Å². The van der Waals surface area contributed by atoms with Crippen molar-refractivity contribution >= 4 is 28.4 Å².